The molecule has 0 saturated heterocycles. The zero-order valence-electron chi connectivity index (χ0n) is 9.53. The first-order valence-corrected chi connectivity index (χ1v) is 5.24. The number of nitrogen functional groups attached to an aromatic ring is 1. The van der Waals surface area contributed by atoms with E-state index in [-0.39, 0.29) is 6.01 Å². The third kappa shape index (κ3) is 3.62. The maximum atomic E-state index is 5.31. The van der Waals surface area contributed by atoms with Gasteiger partial charge >= 0.3 is 0 Å². The van der Waals surface area contributed by atoms with Crippen molar-refractivity contribution in [2.45, 2.75) is 27.2 Å². The average Bonchev–Trinajstić information content (AvgIpc) is 2.58. The van der Waals surface area contributed by atoms with Gasteiger partial charge in [-0.25, -0.2) is 0 Å². The third-order valence-corrected chi connectivity index (χ3v) is 2.13. The Labute approximate surface area is 90.3 Å². The maximum Gasteiger partial charge on any atom is 0.292 e. The standard InChI is InChI=1S/C7H6N2O.C5H12/c8-7-9-5-3-1-2-4-6(5)10-7;1-4-5(2)3/h1-4H,(H2,8,9);5H,4H2,1-3H3. The molecule has 1 aromatic carbocycles. The molecule has 1 aromatic heterocycles. The van der Waals surface area contributed by atoms with Gasteiger partial charge in [-0.1, -0.05) is 39.3 Å². The van der Waals surface area contributed by atoms with E-state index in [1.807, 2.05) is 24.3 Å². The second-order valence-corrected chi connectivity index (χ2v) is 3.82. The topological polar surface area (TPSA) is 52.0 Å². The number of nitrogens with zero attached hydrogens (tertiary/aromatic N) is 1. The van der Waals surface area contributed by atoms with Gasteiger partial charge in [-0.05, 0) is 18.1 Å². The molecule has 2 rings (SSSR count). The summed E-state index contributed by atoms with van der Waals surface area (Å²) >= 11 is 0. The SMILES string of the molecule is CCC(C)C.Nc1nc2ccccc2o1. The Morgan fingerprint density at radius 1 is 1.33 bits per heavy atom. The molecule has 2 N–H and O–H groups in total. The summed E-state index contributed by atoms with van der Waals surface area (Å²) < 4.78 is 5.03. The molecule has 0 radical (unpaired) electrons. The summed E-state index contributed by atoms with van der Waals surface area (Å²) in [6.45, 7) is 6.64. The Hall–Kier alpha value is -1.51. The van der Waals surface area contributed by atoms with Gasteiger partial charge in [0.1, 0.15) is 5.52 Å². The van der Waals surface area contributed by atoms with Crippen molar-refractivity contribution in [2.24, 2.45) is 5.92 Å². The Kier molecular flexibility index (Phi) is 4.16. The van der Waals surface area contributed by atoms with Gasteiger partial charge < -0.3 is 10.2 Å². The van der Waals surface area contributed by atoms with E-state index in [4.69, 9.17) is 10.2 Å². The van der Waals surface area contributed by atoms with Crippen LogP contribution in [0.4, 0.5) is 6.01 Å². The van der Waals surface area contributed by atoms with Gasteiger partial charge in [0.2, 0.25) is 0 Å². The zero-order chi connectivity index (χ0) is 11.3. The molecule has 15 heavy (non-hydrogen) atoms. The lowest BCUT2D eigenvalue weighted by Gasteiger charge is -1.90. The highest BCUT2D eigenvalue weighted by Crippen LogP contribution is 2.14. The number of rotatable bonds is 1. The predicted octanol–water partition coefficient (Wildman–Crippen LogP) is 3.46. The number of para-hydroxylation sites is 2. The van der Waals surface area contributed by atoms with E-state index in [1.165, 1.54) is 6.42 Å². The van der Waals surface area contributed by atoms with Crippen LogP contribution in [0.1, 0.15) is 27.2 Å². The van der Waals surface area contributed by atoms with Crippen LogP contribution in [0.25, 0.3) is 11.1 Å². The van der Waals surface area contributed by atoms with Crippen LogP contribution in [0.3, 0.4) is 0 Å². The van der Waals surface area contributed by atoms with Crippen molar-refractivity contribution in [3.05, 3.63) is 24.3 Å². The molecule has 0 aliphatic heterocycles. The molecule has 0 saturated carbocycles. The Balaban J connectivity index is 0.000000195. The lowest BCUT2D eigenvalue weighted by molar-refractivity contribution is 0.626. The van der Waals surface area contributed by atoms with Crippen LogP contribution in [0.5, 0.6) is 0 Å². The number of hydrogen-bond acceptors (Lipinski definition) is 3. The van der Waals surface area contributed by atoms with Crippen LogP contribution in [-0.2, 0) is 0 Å². The van der Waals surface area contributed by atoms with Crippen molar-refractivity contribution in [1.29, 1.82) is 0 Å². The summed E-state index contributed by atoms with van der Waals surface area (Å²) in [6.07, 6.45) is 1.31. The van der Waals surface area contributed by atoms with Crippen molar-refractivity contribution < 1.29 is 4.42 Å². The van der Waals surface area contributed by atoms with Crippen LogP contribution in [0.15, 0.2) is 28.7 Å². The van der Waals surface area contributed by atoms with Crippen LogP contribution < -0.4 is 5.73 Å². The lowest BCUT2D eigenvalue weighted by Crippen LogP contribution is -1.80. The summed E-state index contributed by atoms with van der Waals surface area (Å²) in [4.78, 5) is 3.92. The quantitative estimate of drug-likeness (QED) is 0.777. The van der Waals surface area contributed by atoms with Gasteiger partial charge in [-0.15, -0.1) is 0 Å². The average molecular weight is 206 g/mol. The number of fused-ring (bicyclic) bond motifs is 1. The Bertz CT molecular complexity index is 374. The monoisotopic (exact) mass is 206 g/mol. The molecule has 0 fully saturated rings. The number of benzene rings is 1. The molecule has 82 valence electrons. The van der Waals surface area contributed by atoms with Crippen molar-refractivity contribution in [1.82, 2.24) is 4.98 Å². The first-order valence-electron chi connectivity index (χ1n) is 5.24. The number of aromatic nitrogens is 1. The van der Waals surface area contributed by atoms with E-state index < -0.39 is 0 Å². The Morgan fingerprint density at radius 3 is 2.47 bits per heavy atom. The summed E-state index contributed by atoms with van der Waals surface area (Å²) in [5.74, 6) is 0.884. The van der Waals surface area contributed by atoms with Gasteiger partial charge in [0.25, 0.3) is 6.01 Å². The molecular formula is C12H18N2O. The van der Waals surface area contributed by atoms with E-state index in [0.717, 1.165) is 17.0 Å². The van der Waals surface area contributed by atoms with E-state index >= 15 is 0 Å². The van der Waals surface area contributed by atoms with Crippen molar-refractivity contribution in [3.8, 4) is 0 Å². The van der Waals surface area contributed by atoms with E-state index in [2.05, 4.69) is 25.8 Å². The largest absolute Gasteiger partial charge is 0.424 e. The molecule has 3 nitrogen and oxygen atoms in total. The lowest BCUT2D eigenvalue weighted by atomic mass is 10.2. The smallest absolute Gasteiger partial charge is 0.292 e. The fourth-order valence-corrected chi connectivity index (χ4v) is 0.890. The van der Waals surface area contributed by atoms with Gasteiger partial charge in [-0.3, -0.25) is 0 Å². The predicted molar refractivity (Wildman–Crippen MR) is 63.6 cm³/mol. The molecule has 0 aliphatic carbocycles. The van der Waals surface area contributed by atoms with E-state index in [0.29, 0.717) is 0 Å². The van der Waals surface area contributed by atoms with Crippen LogP contribution in [0, 0.1) is 5.92 Å². The number of oxazole rings is 1. The zero-order valence-corrected chi connectivity index (χ0v) is 9.53. The van der Waals surface area contributed by atoms with E-state index in [9.17, 15) is 0 Å². The second-order valence-electron chi connectivity index (χ2n) is 3.82. The minimum Gasteiger partial charge on any atom is -0.424 e. The summed E-state index contributed by atoms with van der Waals surface area (Å²) in [5.41, 5.74) is 6.85. The second kappa shape index (κ2) is 5.39. The molecular weight excluding hydrogens is 188 g/mol. The number of hydrogen-bond donors (Lipinski definition) is 1. The molecule has 0 atom stereocenters. The maximum absolute atomic E-state index is 5.31. The third-order valence-electron chi connectivity index (χ3n) is 2.13. The fourth-order valence-electron chi connectivity index (χ4n) is 0.890. The minimum atomic E-state index is 0.223. The first-order chi connectivity index (χ1) is 7.13. The van der Waals surface area contributed by atoms with Gasteiger partial charge in [0.05, 0.1) is 0 Å². The summed E-state index contributed by atoms with van der Waals surface area (Å²) in [5, 5.41) is 0. The molecule has 3 heteroatoms. The van der Waals surface area contributed by atoms with Crippen molar-refractivity contribution in [2.75, 3.05) is 5.73 Å². The highest BCUT2D eigenvalue weighted by Gasteiger charge is 1.97. The van der Waals surface area contributed by atoms with Crippen molar-refractivity contribution in [3.63, 3.8) is 0 Å². The van der Waals surface area contributed by atoms with E-state index in [1.54, 1.807) is 0 Å². The molecule has 0 unspecified atom stereocenters. The molecule has 0 amide bonds. The molecule has 0 bridgehead atoms. The van der Waals surface area contributed by atoms with Crippen LogP contribution >= 0.6 is 0 Å². The van der Waals surface area contributed by atoms with Crippen LogP contribution in [0.2, 0.25) is 0 Å². The van der Waals surface area contributed by atoms with Gasteiger partial charge in [0, 0.05) is 0 Å². The molecule has 0 aliphatic rings. The number of anilines is 1. The summed E-state index contributed by atoms with van der Waals surface area (Å²) in [7, 11) is 0. The van der Waals surface area contributed by atoms with Gasteiger partial charge in [-0.2, -0.15) is 4.98 Å². The minimum absolute atomic E-state index is 0.223. The molecule has 1 heterocycles. The summed E-state index contributed by atoms with van der Waals surface area (Å²) in [6, 6.07) is 7.69. The highest BCUT2D eigenvalue weighted by molar-refractivity contribution is 5.73. The van der Waals surface area contributed by atoms with Gasteiger partial charge in [0.15, 0.2) is 5.58 Å². The van der Waals surface area contributed by atoms with Crippen LogP contribution in [-0.4, -0.2) is 4.98 Å². The molecule has 2 aromatic rings. The molecule has 0 spiro atoms. The Morgan fingerprint density at radius 2 is 1.93 bits per heavy atom. The fraction of sp³-hybridized carbons (Fsp3) is 0.417. The normalized spacial score (nSPS) is 10.1. The number of nitrogens with two attached hydrogens (primary N) is 1. The highest BCUT2D eigenvalue weighted by atomic mass is 16.4. The first kappa shape index (κ1) is 11.6. The van der Waals surface area contributed by atoms with Crippen molar-refractivity contribution >= 4 is 17.1 Å².